The minimum atomic E-state index is -0.561. The molecule has 0 saturated carbocycles. The number of anilines is 1. The summed E-state index contributed by atoms with van der Waals surface area (Å²) in [6.45, 7) is 6.24. The predicted molar refractivity (Wildman–Crippen MR) is 113 cm³/mol. The average Bonchev–Trinajstić information content (AvgIpc) is 2.49. The molecular weight excluding hydrogens is 443 g/mol. The van der Waals surface area contributed by atoms with E-state index in [4.69, 9.17) is 9.47 Å². The zero-order valence-electron chi connectivity index (χ0n) is 15.8. The van der Waals surface area contributed by atoms with E-state index in [9.17, 15) is 4.79 Å². The van der Waals surface area contributed by atoms with E-state index in [-0.39, 0.29) is 0 Å². The molecule has 0 aromatic heterocycles. The van der Waals surface area contributed by atoms with Crippen LogP contribution in [0.1, 0.15) is 26.3 Å². The van der Waals surface area contributed by atoms with Crippen LogP contribution in [0.25, 0.3) is 0 Å². The zero-order chi connectivity index (χ0) is 19.3. The Bertz CT molecular complexity index is 770. The molecule has 1 amide bonds. The standard InChI is InChI=1S/C20H25IN2O3/c1-20(2,3)26-19(24)22-16-8-6-7-9-18(16)25-17-11-10-15(21)12-14(17)13-23(4)5/h6-12H,13H2,1-5H3,(H,22,24). The van der Waals surface area contributed by atoms with Crippen molar-refractivity contribution in [1.82, 2.24) is 4.90 Å². The third-order valence-corrected chi connectivity index (χ3v) is 3.92. The number of carbonyl (C=O) groups is 1. The van der Waals surface area contributed by atoms with Gasteiger partial charge in [0.05, 0.1) is 5.69 Å². The van der Waals surface area contributed by atoms with Crippen molar-refractivity contribution in [1.29, 1.82) is 0 Å². The highest BCUT2D eigenvalue weighted by Gasteiger charge is 2.18. The van der Waals surface area contributed by atoms with E-state index in [1.165, 1.54) is 0 Å². The Hall–Kier alpha value is -1.80. The molecule has 0 fully saturated rings. The van der Waals surface area contributed by atoms with Gasteiger partial charge in [-0.3, -0.25) is 5.32 Å². The lowest BCUT2D eigenvalue weighted by atomic mass is 10.2. The molecule has 0 heterocycles. The summed E-state index contributed by atoms with van der Waals surface area (Å²) in [5.74, 6) is 1.33. The third-order valence-electron chi connectivity index (χ3n) is 3.25. The van der Waals surface area contributed by atoms with Crippen molar-refractivity contribution in [3.05, 3.63) is 51.6 Å². The molecule has 0 radical (unpaired) electrons. The number of hydrogen-bond acceptors (Lipinski definition) is 4. The van der Waals surface area contributed by atoms with E-state index in [0.29, 0.717) is 11.4 Å². The van der Waals surface area contributed by atoms with Gasteiger partial charge < -0.3 is 14.4 Å². The molecule has 0 atom stereocenters. The molecule has 0 saturated heterocycles. The number of ether oxygens (including phenoxy) is 2. The molecule has 26 heavy (non-hydrogen) atoms. The summed E-state index contributed by atoms with van der Waals surface area (Å²) in [6, 6.07) is 13.4. The summed E-state index contributed by atoms with van der Waals surface area (Å²) in [7, 11) is 4.03. The molecule has 0 aliphatic rings. The molecule has 6 heteroatoms. The first kappa shape index (κ1) is 20.5. The van der Waals surface area contributed by atoms with Crippen LogP contribution in [0.4, 0.5) is 10.5 Å². The highest BCUT2D eigenvalue weighted by molar-refractivity contribution is 14.1. The Kier molecular flexibility index (Phi) is 6.88. The highest BCUT2D eigenvalue weighted by Crippen LogP contribution is 2.32. The first-order valence-electron chi connectivity index (χ1n) is 8.34. The SMILES string of the molecule is CN(C)Cc1cc(I)ccc1Oc1ccccc1NC(=O)OC(C)(C)C. The lowest BCUT2D eigenvalue weighted by Gasteiger charge is -2.21. The minimum absolute atomic E-state index is 0.510. The fourth-order valence-electron chi connectivity index (χ4n) is 2.30. The smallest absolute Gasteiger partial charge is 0.412 e. The van der Waals surface area contributed by atoms with Gasteiger partial charge in [0, 0.05) is 15.7 Å². The van der Waals surface area contributed by atoms with Crippen LogP contribution >= 0.6 is 22.6 Å². The average molecular weight is 468 g/mol. The molecule has 1 N–H and O–H groups in total. The van der Waals surface area contributed by atoms with E-state index < -0.39 is 11.7 Å². The number of para-hydroxylation sites is 2. The molecule has 2 rings (SSSR count). The number of benzene rings is 2. The maximum atomic E-state index is 12.1. The van der Waals surface area contributed by atoms with Crippen LogP contribution < -0.4 is 10.1 Å². The van der Waals surface area contributed by atoms with Gasteiger partial charge >= 0.3 is 6.09 Å². The maximum Gasteiger partial charge on any atom is 0.412 e. The number of halogens is 1. The topological polar surface area (TPSA) is 50.8 Å². The summed E-state index contributed by atoms with van der Waals surface area (Å²) in [5.41, 5.74) is 1.08. The van der Waals surface area contributed by atoms with Gasteiger partial charge in [-0.2, -0.15) is 0 Å². The number of nitrogens with zero attached hydrogens (tertiary/aromatic N) is 1. The lowest BCUT2D eigenvalue weighted by Crippen LogP contribution is -2.27. The molecule has 140 valence electrons. The molecule has 2 aromatic rings. The molecule has 5 nitrogen and oxygen atoms in total. The fraction of sp³-hybridized carbons (Fsp3) is 0.350. The van der Waals surface area contributed by atoms with Gasteiger partial charge in [0.1, 0.15) is 11.4 Å². The van der Waals surface area contributed by atoms with Crippen molar-refractivity contribution in [3.8, 4) is 11.5 Å². The first-order valence-corrected chi connectivity index (χ1v) is 9.42. The fourth-order valence-corrected chi connectivity index (χ4v) is 2.86. The van der Waals surface area contributed by atoms with E-state index in [2.05, 4.69) is 38.9 Å². The Labute approximate surface area is 168 Å². The summed E-state index contributed by atoms with van der Waals surface area (Å²) in [5, 5.41) is 2.76. The summed E-state index contributed by atoms with van der Waals surface area (Å²) in [6.07, 6.45) is -0.510. The van der Waals surface area contributed by atoms with Crippen molar-refractivity contribution < 1.29 is 14.3 Å². The number of hydrogen-bond donors (Lipinski definition) is 1. The molecular formula is C20H25IN2O3. The summed E-state index contributed by atoms with van der Waals surface area (Å²) < 4.78 is 12.6. The molecule has 0 aliphatic carbocycles. The van der Waals surface area contributed by atoms with Gasteiger partial charge in [0.15, 0.2) is 5.75 Å². The van der Waals surface area contributed by atoms with Crippen LogP contribution in [-0.4, -0.2) is 30.7 Å². The number of nitrogens with one attached hydrogen (secondary N) is 1. The van der Waals surface area contributed by atoms with Crippen LogP contribution in [0.2, 0.25) is 0 Å². The Morgan fingerprint density at radius 1 is 1.12 bits per heavy atom. The molecule has 0 spiro atoms. The zero-order valence-corrected chi connectivity index (χ0v) is 18.0. The Morgan fingerprint density at radius 2 is 1.81 bits per heavy atom. The second kappa shape index (κ2) is 8.73. The molecule has 0 bridgehead atoms. The van der Waals surface area contributed by atoms with Crippen LogP contribution in [0, 0.1) is 3.57 Å². The van der Waals surface area contributed by atoms with Crippen LogP contribution in [0.3, 0.4) is 0 Å². The third kappa shape index (κ3) is 6.49. The van der Waals surface area contributed by atoms with E-state index in [0.717, 1.165) is 21.4 Å². The van der Waals surface area contributed by atoms with Crippen LogP contribution in [0.5, 0.6) is 11.5 Å². The Morgan fingerprint density at radius 3 is 2.46 bits per heavy atom. The van der Waals surface area contributed by atoms with Crippen molar-refractivity contribution >= 4 is 34.4 Å². The quantitative estimate of drug-likeness (QED) is 0.590. The number of carbonyl (C=O) groups excluding carboxylic acids is 1. The van der Waals surface area contributed by atoms with Crippen molar-refractivity contribution in [2.24, 2.45) is 0 Å². The van der Waals surface area contributed by atoms with Crippen LogP contribution in [-0.2, 0) is 11.3 Å². The summed E-state index contributed by atoms with van der Waals surface area (Å²) in [4.78, 5) is 14.2. The van der Waals surface area contributed by atoms with Gasteiger partial charge in [-0.1, -0.05) is 12.1 Å². The summed E-state index contributed by atoms with van der Waals surface area (Å²) >= 11 is 2.29. The van der Waals surface area contributed by atoms with E-state index in [1.54, 1.807) is 6.07 Å². The van der Waals surface area contributed by atoms with E-state index in [1.807, 2.05) is 65.2 Å². The predicted octanol–water partition coefficient (Wildman–Crippen LogP) is 5.49. The molecule has 0 unspecified atom stereocenters. The normalized spacial score (nSPS) is 11.3. The number of amides is 1. The Balaban J connectivity index is 2.24. The lowest BCUT2D eigenvalue weighted by molar-refractivity contribution is 0.0635. The molecule has 2 aromatic carbocycles. The largest absolute Gasteiger partial charge is 0.455 e. The van der Waals surface area contributed by atoms with Gasteiger partial charge in [-0.25, -0.2) is 4.79 Å². The van der Waals surface area contributed by atoms with Gasteiger partial charge in [0.2, 0.25) is 0 Å². The minimum Gasteiger partial charge on any atom is -0.455 e. The monoisotopic (exact) mass is 468 g/mol. The van der Waals surface area contributed by atoms with Crippen LogP contribution in [0.15, 0.2) is 42.5 Å². The van der Waals surface area contributed by atoms with Gasteiger partial charge in [-0.05, 0) is 87.8 Å². The molecule has 0 aliphatic heterocycles. The van der Waals surface area contributed by atoms with E-state index >= 15 is 0 Å². The first-order chi connectivity index (χ1) is 12.1. The maximum absolute atomic E-state index is 12.1. The van der Waals surface area contributed by atoms with Gasteiger partial charge in [0.25, 0.3) is 0 Å². The van der Waals surface area contributed by atoms with Crippen molar-refractivity contribution in [3.63, 3.8) is 0 Å². The van der Waals surface area contributed by atoms with Crippen molar-refractivity contribution in [2.45, 2.75) is 32.9 Å². The second-order valence-electron chi connectivity index (χ2n) is 7.21. The van der Waals surface area contributed by atoms with Crippen molar-refractivity contribution in [2.75, 3.05) is 19.4 Å². The highest BCUT2D eigenvalue weighted by atomic mass is 127. The second-order valence-corrected chi connectivity index (χ2v) is 8.46. The van der Waals surface area contributed by atoms with Gasteiger partial charge in [-0.15, -0.1) is 0 Å². The number of rotatable bonds is 5.